The van der Waals surface area contributed by atoms with Gasteiger partial charge in [-0.3, -0.25) is 0 Å². The Labute approximate surface area is 123 Å². The zero-order valence-corrected chi connectivity index (χ0v) is 11.3. The number of phenols is 1. The molecule has 0 aliphatic heterocycles. The molecule has 3 rings (SSSR count). The molecule has 3 aromatic rings. The van der Waals surface area contributed by atoms with Crippen LogP contribution in [0.2, 0.25) is 0 Å². The summed E-state index contributed by atoms with van der Waals surface area (Å²) >= 11 is 0. The van der Waals surface area contributed by atoms with Crippen LogP contribution in [0.3, 0.4) is 0 Å². The van der Waals surface area contributed by atoms with Crippen LogP contribution in [0.15, 0.2) is 78.9 Å². The summed E-state index contributed by atoms with van der Waals surface area (Å²) in [6.07, 6.45) is 0. The molecule has 0 fully saturated rings. The summed E-state index contributed by atoms with van der Waals surface area (Å²) in [5, 5.41) is 10.0. The quantitative estimate of drug-likeness (QED) is 0.731. The van der Waals surface area contributed by atoms with Crippen LogP contribution in [0.1, 0.15) is 0 Å². The van der Waals surface area contributed by atoms with Crippen molar-refractivity contribution >= 4 is 0 Å². The highest BCUT2D eigenvalue weighted by Gasteiger charge is 2.06. The molecule has 0 amide bonds. The van der Waals surface area contributed by atoms with E-state index in [0.29, 0.717) is 23.0 Å². The van der Waals surface area contributed by atoms with Crippen LogP contribution < -0.4 is 9.47 Å². The number of rotatable bonds is 4. The molecule has 0 aliphatic rings. The minimum Gasteiger partial charge on any atom is -0.504 e. The summed E-state index contributed by atoms with van der Waals surface area (Å²) in [7, 11) is 0. The van der Waals surface area contributed by atoms with E-state index in [2.05, 4.69) is 0 Å². The van der Waals surface area contributed by atoms with Crippen molar-refractivity contribution in [2.45, 2.75) is 0 Å². The highest BCUT2D eigenvalue weighted by Crippen LogP contribution is 2.35. The van der Waals surface area contributed by atoms with E-state index < -0.39 is 0 Å². The van der Waals surface area contributed by atoms with Gasteiger partial charge in [0, 0.05) is 6.07 Å². The van der Waals surface area contributed by atoms with Gasteiger partial charge in [-0.25, -0.2) is 0 Å². The summed E-state index contributed by atoms with van der Waals surface area (Å²) < 4.78 is 11.3. The van der Waals surface area contributed by atoms with E-state index >= 15 is 0 Å². The van der Waals surface area contributed by atoms with Crippen molar-refractivity contribution in [2.24, 2.45) is 0 Å². The first-order valence-corrected chi connectivity index (χ1v) is 6.60. The molecule has 0 unspecified atom stereocenters. The lowest BCUT2D eigenvalue weighted by molar-refractivity contribution is 0.405. The van der Waals surface area contributed by atoms with E-state index in [9.17, 15) is 5.11 Å². The molecule has 0 aliphatic carbocycles. The van der Waals surface area contributed by atoms with Crippen LogP contribution in [0.25, 0.3) is 0 Å². The van der Waals surface area contributed by atoms with Crippen LogP contribution in [-0.4, -0.2) is 5.11 Å². The second kappa shape index (κ2) is 6.01. The molecule has 3 heteroatoms. The van der Waals surface area contributed by atoms with E-state index in [1.54, 1.807) is 12.1 Å². The van der Waals surface area contributed by atoms with Gasteiger partial charge >= 0.3 is 0 Å². The molecule has 0 saturated heterocycles. The van der Waals surface area contributed by atoms with Gasteiger partial charge in [0.2, 0.25) is 0 Å². The lowest BCUT2D eigenvalue weighted by Gasteiger charge is -2.10. The number of benzene rings is 3. The zero-order chi connectivity index (χ0) is 14.5. The number of phenolic OH excluding ortho intramolecular Hbond substituents is 1. The van der Waals surface area contributed by atoms with E-state index in [0.717, 1.165) is 0 Å². The molecule has 1 N–H and O–H groups in total. The summed E-state index contributed by atoms with van der Waals surface area (Å²) in [5.74, 6) is 2.37. The van der Waals surface area contributed by atoms with Gasteiger partial charge in [-0.05, 0) is 36.4 Å². The van der Waals surface area contributed by atoms with Crippen LogP contribution in [0.4, 0.5) is 0 Å². The first-order chi connectivity index (χ1) is 10.3. The molecule has 0 aromatic heterocycles. The Balaban J connectivity index is 1.77. The van der Waals surface area contributed by atoms with Crippen molar-refractivity contribution in [3.05, 3.63) is 78.9 Å². The molecule has 0 radical (unpaired) electrons. The summed E-state index contributed by atoms with van der Waals surface area (Å²) in [4.78, 5) is 0. The maximum Gasteiger partial charge on any atom is 0.169 e. The second-order valence-electron chi connectivity index (χ2n) is 4.46. The maximum absolute atomic E-state index is 10.0. The maximum atomic E-state index is 10.0. The van der Waals surface area contributed by atoms with Gasteiger partial charge < -0.3 is 14.6 Å². The third-order valence-corrected chi connectivity index (χ3v) is 2.88. The van der Waals surface area contributed by atoms with E-state index in [1.807, 2.05) is 60.7 Å². The summed E-state index contributed by atoms with van der Waals surface area (Å²) in [6, 6.07) is 23.7. The monoisotopic (exact) mass is 278 g/mol. The van der Waals surface area contributed by atoms with Gasteiger partial charge in [0.15, 0.2) is 11.5 Å². The summed E-state index contributed by atoms with van der Waals surface area (Å²) in [5.41, 5.74) is 0. The first kappa shape index (κ1) is 13.1. The van der Waals surface area contributed by atoms with Gasteiger partial charge in [-0.2, -0.15) is 0 Å². The van der Waals surface area contributed by atoms with Crippen molar-refractivity contribution in [1.29, 1.82) is 0 Å². The average molecular weight is 278 g/mol. The minimum atomic E-state index is 0.0345. The van der Waals surface area contributed by atoms with Crippen LogP contribution in [0, 0.1) is 0 Å². The third kappa shape index (κ3) is 3.34. The fourth-order valence-electron chi connectivity index (χ4n) is 1.89. The summed E-state index contributed by atoms with van der Waals surface area (Å²) in [6.45, 7) is 0. The number of ether oxygens (including phenoxy) is 2. The van der Waals surface area contributed by atoms with Gasteiger partial charge in [0.05, 0.1) is 0 Å². The fraction of sp³-hybridized carbons (Fsp3) is 0. The molecule has 0 heterocycles. The Bertz CT molecular complexity index is 709. The second-order valence-corrected chi connectivity index (χ2v) is 4.46. The molecule has 3 nitrogen and oxygen atoms in total. The Morgan fingerprint density at radius 1 is 0.571 bits per heavy atom. The normalized spacial score (nSPS) is 10.1. The molecule has 21 heavy (non-hydrogen) atoms. The molecular formula is C18H14O3. The van der Waals surface area contributed by atoms with Crippen molar-refractivity contribution in [3.63, 3.8) is 0 Å². The number of para-hydroxylation sites is 2. The third-order valence-electron chi connectivity index (χ3n) is 2.88. The SMILES string of the molecule is Oc1cc(Oc2ccccc2)ccc1Oc1ccccc1. The zero-order valence-electron chi connectivity index (χ0n) is 11.3. The topological polar surface area (TPSA) is 38.7 Å². The Morgan fingerprint density at radius 3 is 1.71 bits per heavy atom. The lowest BCUT2D eigenvalue weighted by Crippen LogP contribution is -1.87. The van der Waals surface area contributed by atoms with E-state index in [4.69, 9.17) is 9.47 Å². The number of hydrogen-bond donors (Lipinski definition) is 1. The Morgan fingerprint density at radius 2 is 1.14 bits per heavy atom. The molecule has 3 aromatic carbocycles. The van der Waals surface area contributed by atoms with Gasteiger partial charge in [-0.15, -0.1) is 0 Å². The smallest absolute Gasteiger partial charge is 0.169 e. The molecule has 0 bridgehead atoms. The Hall–Kier alpha value is -2.94. The van der Waals surface area contributed by atoms with Crippen molar-refractivity contribution in [2.75, 3.05) is 0 Å². The molecular weight excluding hydrogens is 264 g/mol. The predicted molar refractivity (Wildman–Crippen MR) is 81.1 cm³/mol. The lowest BCUT2D eigenvalue weighted by atomic mass is 10.3. The van der Waals surface area contributed by atoms with E-state index in [1.165, 1.54) is 6.07 Å². The van der Waals surface area contributed by atoms with Gasteiger partial charge in [-0.1, -0.05) is 36.4 Å². The number of aromatic hydroxyl groups is 1. The van der Waals surface area contributed by atoms with E-state index in [-0.39, 0.29) is 5.75 Å². The molecule has 104 valence electrons. The van der Waals surface area contributed by atoms with Crippen LogP contribution in [0.5, 0.6) is 28.7 Å². The standard InChI is InChI=1S/C18H14O3/c19-17-13-16(20-14-7-3-1-4-8-14)11-12-18(17)21-15-9-5-2-6-10-15/h1-13,19H. The largest absolute Gasteiger partial charge is 0.504 e. The molecule has 0 saturated carbocycles. The van der Waals surface area contributed by atoms with Crippen LogP contribution >= 0.6 is 0 Å². The molecule has 0 atom stereocenters. The highest BCUT2D eigenvalue weighted by atomic mass is 16.5. The van der Waals surface area contributed by atoms with Crippen LogP contribution in [-0.2, 0) is 0 Å². The average Bonchev–Trinajstić information content (AvgIpc) is 2.52. The molecule has 0 spiro atoms. The Kier molecular flexibility index (Phi) is 3.74. The first-order valence-electron chi connectivity index (χ1n) is 6.60. The van der Waals surface area contributed by atoms with Gasteiger partial charge in [0.1, 0.15) is 17.2 Å². The highest BCUT2D eigenvalue weighted by molar-refractivity contribution is 5.47. The van der Waals surface area contributed by atoms with Crippen molar-refractivity contribution < 1.29 is 14.6 Å². The van der Waals surface area contributed by atoms with Crippen molar-refractivity contribution in [3.8, 4) is 28.7 Å². The van der Waals surface area contributed by atoms with Crippen molar-refractivity contribution in [1.82, 2.24) is 0 Å². The fourth-order valence-corrected chi connectivity index (χ4v) is 1.89. The minimum absolute atomic E-state index is 0.0345. The number of hydrogen-bond acceptors (Lipinski definition) is 3. The predicted octanol–water partition coefficient (Wildman–Crippen LogP) is 4.98. The van der Waals surface area contributed by atoms with Gasteiger partial charge in [0.25, 0.3) is 0 Å².